The minimum Gasteiger partial charge on any atom is -0.335 e. The number of nitrogens with one attached hydrogen (secondary N) is 1. The van der Waals surface area contributed by atoms with Crippen molar-refractivity contribution in [1.82, 2.24) is 0 Å². The first-order valence-electron chi connectivity index (χ1n) is 5.73. The third-order valence-corrected chi connectivity index (χ3v) is 3.69. The molecule has 2 rings (SSSR count). The van der Waals surface area contributed by atoms with Crippen molar-refractivity contribution in [3.63, 3.8) is 0 Å². The topological polar surface area (TPSA) is 24.4 Å². The van der Waals surface area contributed by atoms with Gasteiger partial charge in [0, 0.05) is 11.4 Å². The van der Waals surface area contributed by atoms with Gasteiger partial charge in [0.2, 0.25) is 0 Å². The first kappa shape index (κ1) is 11.5. The number of benzene rings is 1. The van der Waals surface area contributed by atoms with Crippen LogP contribution in [0.1, 0.15) is 24.5 Å². The Kier molecular flexibility index (Phi) is 3.54. The number of nitrogens with zero attached hydrogens (tertiary/aromatic N) is 1. The van der Waals surface area contributed by atoms with Crippen LogP contribution in [0.2, 0.25) is 0 Å². The van der Waals surface area contributed by atoms with Gasteiger partial charge in [-0.25, -0.2) is 0 Å². The van der Waals surface area contributed by atoms with Crippen molar-refractivity contribution in [1.29, 1.82) is 0 Å². The molecule has 1 aliphatic rings. The van der Waals surface area contributed by atoms with Crippen LogP contribution in [-0.4, -0.2) is 17.0 Å². The number of hydrogen-bond donors (Lipinski definition) is 1. The number of thioether (sulfide) groups is 1. The number of amidine groups is 1. The molecule has 0 aromatic heterocycles. The number of hydrogen-bond acceptors (Lipinski definition) is 3. The van der Waals surface area contributed by atoms with Crippen LogP contribution < -0.4 is 5.32 Å². The molecule has 1 aromatic carbocycles. The van der Waals surface area contributed by atoms with Crippen LogP contribution >= 0.6 is 11.8 Å². The molecule has 1 aromatic rings. The monoisotopic (exact) mass is 234 g/mol. The van der Waals surface area contributed by atoms with Crippen molar-refractivity contribution in [2.75, 3.05) is 11.1 Å². The molecule has 1 unspecified atom stereocenters. The van der Waals surface area contributed by atoms with Crippen LogP contribution in [0.15, 0.2) is 23.2 Å². The Balaban J connectivity index is 2.09. The van der Waals surface area contributed by atoms with Crippen LogP contribution in [0.4, 0.5) is 5.69 Å². The molecule has 0 amide bonds. The Morgan fingerprint density at radius 1 is 1.31 bits per heavy atom. The Labute approximate surface area is 102 Å². The lowest BCUT2D eigenvalue weighted by atomic mass is 10.1. The normalized spacial score (nSPS) is 19.7. The van der Waals surface area contributed by atoms with Crippen molar-refractivity contribution in [3.8, 4) is 0 Å². The molecule has 1 N–H and O–H groups in total. The first-order chi connectivity index (χ1) is 7.67. The summed E-state index contributed by atoms with van der Waals surface area (Å²) in [5, 5.41) is 4.47. The fraction of sp³-hybridized carbons (Fsp3) is 0.462. The zero-order valence-corrected chi connectivity index (χ0v) is 10.9. The Morgan fingerprint density at radius 2 is 2.00 bits per heavy atom. The molecule has 0 saturated heterocycles. The van der Waals surface area contributed by atoms with E-state index in [2.05, 4.69) is 49.3 Å². The van der Waals surface area contributed by atoms with Gasteiger partial charge in [-0.05, 0) is 43.5 Å². The zero-order chi connectivity index (χ0) is 11.5. The Morgan fingerprint density at radius 3 is 2.56 bits per heavy atom. The second kappa shape index (κ2) is 4.91. The molecule has 0 spiro atoms. The lowest BCUT2D eigenvalue weighted by Gasteiger charge is -2.07. The lowest BCUT2D eigenvalue weighted by Crippen LogP contribution is -2.05. The van der Waals surface area contributed by atoms with E-state index < -0.39 is 0 Å². The van der Waals surface area contributed by atoms with Gasteiger partial charge >= 0.3 is 0 Å². The van der Waals surface area contributed by atoms with Crippen LogP contribution in [0.5, 0.6) is 0 Å². The van der Waals surface area contributed by atoms with Gasteiger partial charge in [0.25, 0.3) is 0 Å². The van der Waals surface area contributed by atoms with Crippen LogP contribution in [0.25, 0.3) is 0 Å². The molecule has 1 heterocycles. The minimum atomic E-state index is 0.499. The average molecular weight is 234 g/mol. The minimum absolute atomic E-state index is 0.499. The lowest BCUT2D eigenvalue weighted by molar-refractivity contribution is 0.738. The van der Waals surface area contributed by atoms with Crippen LogP contribution in [-0.2, 0) is 0 Å². The average Bonchev–Trinajstić information content (AvgIpc) is 2.64. The van der Waals surface area contributed by atoms with Crippen molar-refractivity contribution in [2.45, 2.75) is 33.2 Å². The second-order valence-electron chi connectivity index (χ2n) is 4.31. The predicted molar refractivity (Wildman–Crippen MR) is 73.5 cm³/mol. The van der Waals surface area contributed by atoms with E-state index in [0.717, 1.165) is 23.0 Å². The van der Waals surface area contributed by atoms with Gasteiger partial charge in [-0.15, -0.1) is 0 Å². The molecule has 16 heavy (non-hydrogen) atoms. The highest BCUT2D eigenvalue weighted by Gasteiger charge is 2.16. The maximum Gasteiger partial charge on any atom is 0.161 e. The zero-order valence-electron chi connectivity index (χ0n) is 10.1. The van der Waals surface area contributed by atoms with E-state index in [1.54, 1.807) is 0 Å². The predicted octanol–water partition coefficient (Wildman–Crippen LogP) is 3.60. The van der Waals surface area contributed by atoms with E-state index in [1.807, 2.05) is 11.8 Å². The number of aryl methyl sites for hydroxylation is 2. The van der Waals surface area contributed by atoms with Crippen molar-refractivity contribution < 1.29 is 0 Å². The Bertz CT molecular complexity index is 392. The summed E-state index contributed by atoms with van der Waals surface area (Å²) in [5.41, 5.74) is 3.73. The fourth-order valence-corrected chi connectivity index (χ4v) is 2.94. The van der Waals surface area contributed by atoms with E-state index >= 15 is 0 Å². The molecule has 2 nitrogen and oxygen atoms in total. The highest BCUT2D eigenvalue weighted by Crippen LogP contribution is 2.22. The van der Waals surface area contributed by atoms with Gasteiger partial charge < -0.3 is 5.32 Å². The number of anilines is 1. The van der Waals surface area contributed by atoms with E-state index in [1.165, 1.54) is 11.1 Å². The van der Waals surface area contributed by atoms with Crippen molar-refractivity contribution >= 4 is 22.6 Å². The third-order valence-electron chi connectivity index (χ3n) is 2.66. The molecule has 3 heteroatoms. The molecular formula is C13H18N2S. The largest absolute Gasteiger partial charge is 0.335 e. The molecule has 0 bridgehead atoms. The molecule has 86 valence electrons. The molecule has 1 atom stereocenters. The van der Waals surface area contributed by atoms with Gasteiger partial charge in [0.05, 0.1) is 6.04 Å². The van der Waals surface area contributed by atoms with Gasteiger partial charge in [0.15, 0.2) is 5.17 Å². The van der Waals surface area contributed by atoms with Gasteiger partial charge in [-0.1, -0.05) is 24.8 Å². The highest BCUT2D eigenvalue weighted by molar-refractivity contribution is 8.14. The standard InChI is InChI=1S/C13H18N2S/c1-4-11-8-16-13(14-11)15-12-6-9(2)5-10(3)7-12/h5-7,11H,4,8H2,1-3H3,(H,14,15). The fourth-order valence-electron chi connectivity index (χ4n) is 1.86. The van der Waals surface area contributed by atoms with Gasteiger partial charge in [0.1, 0.15) is 0 Å². The van der Waals surface area contributed by atoms with E-state index in [4.69, 9.17) is 0 Å². The van der Waals surface area contributed by atoms with E-state index in [-0.39, 0.29) is 0 Å². The summed E-state index contributed by atoms with van der Waals surface area (Å²) < 4.78 is 0. The molecule has 1 aliphatic heterocycles. The summed E-state index contributed by atoms with van der Waals surface area (Å²) >= 11 is 1.82. The van der Waals surface area contributed by atoms with Crippen molar-refractivity contribution in [2.24, 2.45) is 4.99 Å². The van der Waals surface area contributed by atoms with Gasteiger partial charge in [-0.3, -0.25) is 4.99 Å². The quantitative estimate of drug-likeness (QED) is 0.845. The van der Waals surface area contributed by atoms with E-state index in [0.29, 0.717) is 6.04 Å². The summed E-state index contributed by atoms with van der Waals surface area (Å²) in [7, 11) is 0. The highest BCUT2D eigenvalue weighted by atomic mass is 32.2. The third kappa shape index (κ3) is 2.79. The van der Waals surface area contributed by atoms with Crippen molar-refractivity contribution in [3.05, 3.63) is 29.3 Å². The molecule has 0 fully saturated rings. The SMILES string of the molecule is CCC1CSC(Nc2cc(C)cc(C)c2)=N1. The smallest absolute Gasteiger partial charge is 0.161 e. The number of rotatable bonds is 2. The Hall–Kier alpha value is -0.960. The van der Waals surface area contributed by atoms with Crippen LogP contribution in [0.3, 0.4) is 0 Å². The van der Waals surface area contributed by atoms with Crippen LogP contribution in [0, 0.1) is 13.8 Å². The summed E-state index contributed by atoms with van der Waals surface area (Å²) in [4.78, 5) is 4.63. The van der Waals surface area contributed by atoms with Gasteiger partial charge in [-0.2, -0.15) is 0 Å². The maximum absolute atomic E-state index is 4.63. The summed E-state index contributed by atoms with van der Waals surface area (Å²) in [6.07, 6.45) is 1.13. The summed E-state index contributed by atoms with van der Waals surface area (Å²) in [6, 6.07) is 7.01. The van der Waals surface area contributed by atoms with E-state index in [9.17, 15) is 0 Å². The maximum atomic E-state index is 4.63. The molecular weight excluding hydrogens is 216 g/mol. The second-order valence-corrected chi connectivity index (χ2v) is 5.32. The first-order valence-corrected chi connectivity index (χ1v) is 6.72. The molecule has 0 saturated carbocycles. The number of aliphatic imine (C=N–C) groups is 1. The summed E-state index contributed by atoms with van der Waals surface area (Å²) in [6.45, 7) is 6.43. The summed E-state index contributed by atoms with van der Waals surface area (Å²) in [5.74, 6) is 1.11. The molecule has 0 aliphatic carbocycles. The molecule has 0 radical (unpaired) electrons.